The van der Waals surface area contributed by atoms with Crippen LogP contribution in [0.2, 0.25) is 0 Å². The second-order valence-electron chi connectivity index (χ2n) is 4.04. The van der Waals surface area contributed by atoms with Gasteiger partial charge in [-0.1, -0.05) is 0 Å². The Morgan fingerprint density at radius 3 is 3.12 bits per heavy atom. The highest BCUT2D eigenvalue weighted by Gasteiger charge is 2.30. The number of carbonyl (C=O) groups excluding carboxylic acids is 1. The van der Waals surface area contributed by atoms with Gasteiger partial charge < -0.3 is 14.7 Å². The highest BCUT2D eigenvalue weighted by atomic mass is 16.5. The number of aliphatic hydroxyl groups excluding tert-OH is 1. The standard InChI is InChI=1S/C11H15N3O3/c1-8-7-17-9(6-15)5-14(8)11(16)10-4-12-2-3-13-10/h2-4,8-9,15H,5-7H2,1H3. The third kappa shape index (κ3) is 2.59. The number of ether oxygens (including phenoxy) is 1. The van der Waals surface area contributed by atoms with E-state index >= 15 is 0 Å². The Bertz CT molecular complexity index is 385. The molecule has 17 heavy (non-hydrogen) atoms. The number of hydrogen-bond donors (Lipinski definition) is 1. The predicted molar refractivity (Wildman–Crippen MR) is 59.4 cm³/mol. The molecule has 0 aromatic carbocycles. The fraction of sp³-hybridized carbons (Fsp3) is 0.545. The van der Waals surface area contributed by atoms with E-state index in [4.69, 9.17) is 9.84 Å². The maximum Gasteiger partial charge on any atom is 0.274 e. The van der Waals surface area contributed by atoms with Crippen LogP contribution in [0.25, 0.3) is 0 Å². The van der Waals surface area contributed by atoms with Crippen molar-refractivity contribution < 1.29 is 14.6 Å². The van der Waals surface area contributed by atoms with Crippen molar-refractivity contribution >= 4 is 5.91 Å². The molecule has 1 N–H and O–H groups in total. The maximum atomic E-state index is 12.2. The van der Waals surface area contributed by atoms with Crippen molar-refractivity contribution in [1.82, 2.24) is 14.9 Å². The lowest BCUT2D eigenvalue weighted by molar-refractivity contribution is -0.0668. The molecule has 2 unspecified atom stereocenters. The van der Waals surface area contributed by atoms with Crippen molar-refractivity contribution in [3.63, 3.8) is 0 Å². The minimum absolute atomic E-state index is 0.0210. The van der Waals surface area contributed by atoms with E-state index in [1.54, 1.807) is 4.90 Å². The van der Waals surface area contributed by atoms with Crippen LogP contribution in [0.15, 0.2) is 18.6 Å². The van der Waals surface area contributed by atoms with Gasteiger partial charge >= 0.3 is 0 Å². The van der Waals surface area contributed by atoms with Gasteiger partial charge in [0.2, 0.25) is 0 Å². The Labute approximate surface area is 99.2 Å². The van der Waals surface area contributed by atoms with Crippen molar-refractivity contribution in [1.29, 1.82) is 0 Å². The minimum Gasteiger partial charge on any atom is -0.394 e. The summed E-state index contributed by atoms with van der Waals surface area (Å²) in [6.45, 7) is 2.63. The molecule has 1 aliphatic heterocycles. The first-order valence-corrected chi connectivity index (χ1v) is 5.52. The van der Waals surface area contributed by atoms with Crippen LogP contribution in [-0.2, 0) is 4.74 Å². The molecule has 1 aromatic rings. The summed E-state index contributed by atoms with van der Waals surface area (Å²) in [5.74, 6) is -0.174. The maximum absolute atomic E-state index is 12.2. The van der Waals surface area contributed by atoms with Gasteiger partial charge in [-0.2, -0.15) is 0 Å². The molecule has 92 valence electrons. The molecule has 6 nitrogen and oxygen atoms in total. The predicted octanol–water partition coefficient (Wildman–Crippen LogP) is -0.302. The Hall–Kier alpha value is -1.53. The van der Waals surface area contributed by atoms with Crippen molar-refractivity contribution in [3.05, 3.63) is 24.3 Å². The number of carbonyl (C=O) groups is 1. The summed E-state index contributed by atoms with van der Waals surface area (Å²) < 4.78 is 5.38. The lowest BCUT2D eigenvalue weighted by Crippen LogP contribution is -2.52. The molecule has 0 aliphatic carbocycles. The number of aromatic nitrogens is 2. The molecule has 1 saturated heterocycles. The highest BCUT2D eigenvalue weighted by Crippen LogP contribution is 2.14. The number of hydrogen-bond acceptors (Lipinski definition) is 5. The number of amides is 1. The third-order valence-corrected chi connectivity index (χ3v) is 2.75. The summed E-state index contributed by atoms with van der Waals surface area (Å²) >= 11 is 0. The molecule has 1 aromatic heterocycles. The lowest BCUT2D eigenvalue weighted by atomic mass is 10.2. The van der Waals surface area contributed by atoms with Gasteiger partial charge in [0.1, 0.15) is 5.69 Å². The molecule has 0 bridgehead atoms. The number of aliphatic hydroxyl groups is 1. The van der Waals surface area contributed by atoms with Crippen LogP contribution < -0.4 is 0 Å². The second-order valence-corrected chi connectivity index (χ2v) is 4.04. The molecule has 2 atom stereocenters. The van der Waals surface area contributed by atoms with Crippen molar-refractivity contribution in [2.45, 2.75) is 19.1 Å². The minimum atomic E-state index is -0.313. The van der Waals surface area contributed by atoms with Gasteiger partial charge in [0.25, 0.3) is 5.91 Å². The van der Waals surface area contributed by atoms with E-state index in [1.165, 1.54) is 18.6 Å². The zero-order valence-corrected chi connectivity index (χ0v) is 9.61. The normalized spacial score (nSPS) is 24.7. The zero-order valence-electron chi connectivity index (χ0n) is 9.61. The molecular formula is C11H15N3O3. The summed E-state index contributed by atoms with van der Waals surface area (Å²) in [5.41, 5.74) is 0.318. The van der Waals surface area contributed by atoms with E-state index in [-0.39, 0.29) is 24.7 Å². The number of morpholine rings is 1. The third-order valence-electron chi connectivity index (χ3n) is 2.75. The molecule has 2 rings (SSSR count). The van der Waals surface area contributed by atoms with Crippen LogP contribution >= 0.6 is 0 Å². The fourth-order valence-electron chi connectivity index (χ4n) is 1.77. The van der Waals surface area contributed by atoms with E-state index in [9.17, 15) is 4.79 Å². The van der Waals surface area contributed by atoms with Crippen molar-refractivity contribution in [2.75, 3.05) is 19.8 Å². The fourth-order valence-corrected chi connectivity index (χ4v) is 1.77. The molecule has 1 amide bonds. The van der Waals surface area contributed by atoms with E-state index in [0.29, 0.717) is 18.8 Å². The van der Waals surface area contributed by atoms with E-state index in [0.717, 1.165) is 0 Å². The van der Waals surface area contributed by atoms with Crippen LogP contribution in [0.3, 0.4) is 0 Å². The van der Waals surface area contributed by atoms with Crippen LogP contribution in [0.4, 0.5) is 0 Å². The first-order chi connectivity index (χ1) is 8.22. The lowest BCUT2D eigenvalue weighted by Gasteiger charge is -2.37. The first-order valence-electron chi connectivity index (χ1n) is 5.52. The van der Waals surface area contributed by atoms with E-state index in [1.807, 2.05) is 6.92 Å². The van der Waals surface area contributed by atoms with Gasteiger partial charge in [0, 0.05) is 18.9 Å². The van der Waals surface area contributed by atoms with Gasteiger partial charge in [-0.25, -0.2) is 4.98 Å². The van der Waals surface area contributed by atoms with Gasteiger partial charge in [-0.3, -0.25) is 9.78 Å². The Morgan fingerprint density at radius 2 is 2.47 bits per heavy atom. The summed E-state index contributed by atoms with van der Waals surface area (Å²) in [6, 6.07) is -0.0210. The molecule has 1 fully saturated rings. The number of nitrogens with zero attached hydrogens (tertiary/aromatic N) is 3. The Morgan fingerprint density at radius 1 is 1.65 bits per heavy atom. The highest BCUT2D eigenvalue weighted by molar-refractivity contribution is 5.92. The second kappa shape index (κ2) is 5.20. The van der Waals surface area contributed by atoms with Crippen LogP contribution in [-0.4, -0.2) is 57.8 Å². The molecule has 6 heteroatoms. The first kappa shape index (κ1) is 11.9. The van der Waals surface area contributed by atoms with E-state index < -0.39 is 0 Å². The van der Waals surface area contributed by atoms with Crippen LogP contribution in [0.5, 0.6) is 0 Å². The average Bonchev–Trinajstić information content (AvgIpc) is 2.39. The van der Waals surface area contributed by atoms with Crippen molar-refractivity contribution in [3.8, 4) is 0 Å². The van der Waals surface area contributed by atoms with Gasteiger partial charge in [-0.05, 0) is 6.92 Å². The zero-order chi connectivity index (χ0) is 12.3. The van der Waals surface area contributed by atoms with Gasteiger partial charge in [0.05, 0.1) is 31.6 Å². The van der Waals surface area contributed by atoms with Gasteiger partial charge in [0.15, 0.2) is 0 Å². The molecule has 0 spiro atoms. The summed E-state index contributed by atoms with van der Waals surface area (Å²) in [4.78, 5) is 21.7. The Kier molecular flexibility index (Phi) is 3.65. The summed E-state index contributed by atoms with van der Waals surface area (Å²) in [6.07, 6.45) is 4.14. The quantitative estimate of drug-likeness (QED) is 0.764. The summed E-state index contributed by atoms with van der Waals surface area (Å²) in [7, 11) is 0. The number of rotatable bonds is 2. The largest absolute Gasteiger partial charge is 0.394 e. The molecular weight excluding hydrogens is 222 g/mol. The van der Waals surface area contributed by atoms with E-state index in [2.05, 4.69) is 9.97 Å². The van der Waals surface area contributed by atoms with Crippen molar-refractivity contribution in [2.24, 2.45) is 0 Å². The average molecular weight is 237 g/mol. The molecule has 2 heterocycles. The SMILES string of the molecule is CC1COC(CO)CN1C(=O)c1cnccn1. The smallest absolute Gasteiger partial charge is 0.274 e. The van der Waals surface area contributed by atoms with Crippen LogP contribution in [0, 0.1) is 0 Å². The molecule has 0 saturated carbocycles. The molecule has 1 aliphatic rings. The molecule has 0 radical (unpaired) electrons. The van der Waals surface area contributed by atoms with Gasteiger partial charge in [-0.15, -0.1) is 0 Å². The Balaban J connectivity index is 2.12. The monoisotopic (exact) mass is 237 g/mol. The topological polar surface area (TPSA) is 75.6 Å². The summed E-state index contributed by atoms with van der Waals surface area (Å²) in [5, 5.41) is 9.06. The van der Waals surface area contributed by atoms with Crippen LogP contribution in [0.1, 0.15) is 17.4 Å².